The molecule has 4 rings (SSSR count). The molecule has 0 saturated heterocycles. The standard InChI is InChI=1S/C24H21ClN2O5/c1-29-17-9-10-22(30-2)20(13-17)23-12-16(26-32-23)14-27(15-18-6-5-11-31-18)24(28)19-7-3-4-8-21(19)25/h3-13H,14-15H2,1-2H3. The molecule has 0 radical (unpaired) electrons. The minimum atomic E-state index is -0.240. The van der Waals surface area contributed by atoms with Gasteiger partial charge in [0.15, 0.2) is 5.76 Å². The van der Waals surface area contributed by atoms with E-state index in [1.807, 2.05) is 6.07 Å². The van der Waals surface area contributed by atoms with Crippen LogP contribution in [0.4, 0.5) is 0 Å². The van der Waals surface area contributed by atoms with Crippen LogP contribution in [0.3, 0.4) is 0 Å². The van der Waals surface area contributed by atoms with E-state index in [1.165, 1.54) is 0 Å². The third kappa shape index (κ3) is 4.63. The van der Waals surface area contributed by atoms with Gasteiger partial charge in [-0.25, -0.2) is 0 Å². The lowest BCUT2D eigenvalue weighted by molar-refractivity contribution is 0.0714. The van der Waals surface area contributed by atoms with Gasteiger partial charge in [0.25, 0.3) is 5.91 Å². The first-order chi connectivity index (χ1) is 15.6. The highest BCUT2D eigenvalue weighted by Gasteiger charge is 2.22. The van der Waals surface area contributed by atoms with Gasteiger partial charge in [0.05, 0.1) is 49.7 Å². The number of nitrogens with zero attached hydrogens (tertiary/aromatic N) is 2. The van der Waals surface area contributed by atoms with E-state index in [0.717, 1.165) is 0 Å². The van der Waals surface area contributed by atoms with Crippen LogP contribution in [0.15, 0.2) is 75.9 Å². The normalized spacial score (nSPS) is 10.7. The SMILES string of the molecule is COc1ccc(OC)c(-c2cc(CN(Cc3ccco3)C(=O)c3ccccc3Cl)no2)c1. The molecule has 0 aliphatic heterocycles. The number of methoxy groups -OCH3 is 2. The van der Waals surface area contributed by atoms with Crippen molar-refractivity contribution in [2.45, 2.75) is 13.1 Å². The predicted octanol–water partition coefficient (Wildman–Crippen LogP) is 5.45. The Morgan fingerprint density at radius 3 is 2.59 bits per heavy atom. The molecule has 0 unspecified atom stereocenters. The minimum absolute atomic E-state index is 0.195. The lowest BCUT2D eigenvalue weighted by Gasteiger charge is -2.21. The predicted molar refractivity (Wildman–Crippen MR) is 119 cm³/mol. The fourth-order valence-corrected chi connectivity index (χ4v) is 3.53. The minimum Gasteiger partial charge on any atom is -0.497 e. The van der Waals surface area contributed by atoms with Gasteiger partial charge in [-0.3, -0.25) is 4.79 Å². The third-order valence-corrected chi connectivity index (χ3v) is 5.23. The van der Waals surface area contributed by atoms with E-state index in [4.69, 9.17) is 30.0 Å². The topological polar surface area (TPSA) is 77.9 Å². The fourth-order valence-electron chi connectivity index (χ4n) is 3.31. The van der Waals surface area contributed by atoms with E-state index >= 15 is 0 Å². The molecule has 0 aliphatic rings. The highest BCUT2D eigenvalue weighted by atomic mass is 35.5. The highest BCUT2D eigenvalue weighted by Crippen LogP contribution is 2.34. The molecule has 0 aliphatic carbocycles. The Morgan fingerprint density at radius 1 is 1.03 bits per heavy atom. The molecule has 0 atom stereocenters. The maximum absolute atomic E-state index is 13.3. The number of aromatic nitrogens is 1. The van der Waals surface area contributed by atoms with Gasteiger partial charge in [-0.1, -0.05) is 28.9 Å². The summed E-state index contributed by atoms with van der Waals surface area (Å²) in [7, 11) is 3.17. The molecular weight excluding hydrogens is 432 g/mol. The van der Waals surface area contributed by atoms with Crippen LogP contribution in [0.1, 0.15) is 21.8 Å². The first kappa shape index (κ1) is 21.5. The number of carbonyl (C=O) groups excluding carboxylic acids is 1. The van der Waals surface area contributed by atoms with Crippen LogP contribution in [0.5, 0.6) is 11.5 Å². The Kier molecular flexibility index (Phi) is 6.47. The Morgan fingerprint density at radius 2 is 1.88 bits per heavy atom. The number of amides is 1. The summed E-state index contributed by atoms with van der Waals surface area (Å²) in [5.74, 6) is 2.18. The lowest BCUT2D eigenvalue weighted by atomic mass is 10.1. The van der Waals surface area contributed by atoms with Crippen molar-refractivity contribution in [2.24, 2.45) is 0 Å². The summed E-state index contributed by atoms with van der Waals surface area (Å²) >= 11 is 6.26. The van der Waals surface area contributed by atoms with Gasteiger partial charge in [0.1, 0.15) is 23.0 Å². The quantitative estimate of drug-likeness (QED) is 0.354. The largest absolute Gasteiger partial charge is 0.497 e. The van der Waals surface area contributed by atoms with Crippen molar-refractivity contribution in [1.82, 2.24) is 10.1 Å². The zero-order chi connectivity index (χ0) is 22.5. The molecule has 2 heterocycles. The van der Waals surface area contributed by atoms with Crippen LogP contribution < -0.4 is 9.47 Å². The van der Waals surface area contributed by atoms with E-state index in [0.29, 0.717) is 44.9 Å². The molecule has 2 aromatic heterocycles. The summed E-state index contributed by atoms with van der Waals surface area (Å²) in [6.45, 7) is 0.447. The Labute approximate surface area is 190 Å². The number of carbonyl (C=O) groups is 1. The van der Waals surface area contributed by atoms with E-state index in [-0.39, 0.29) is 19.0 Å². The van der Waals surface area contributed by atoms with Crippen molar-refractivity contribution < 1.29 is 23.2 Å². The third-order valence-electron chi connectivity index (χ3n) is 4.90. The smallest absolute Gasteiger partial charge is 0.256 e. The molecule has 4 aromatic rings. The first-order valence-corrected chi connectivity index (χ1v) is 10.2. The molecular formula is C24H21ClN2O5. The molecule has 2 aromatic carbocycles. The van der Waals surface area contributed by atoms with Crippen molar-refractivity contribution in [3.63, 3.8) is 0 Å². The maximum atomic E-state index is 13.3. The Hall–Kier alpha value is -3.71. The number of rotatable bonds is 8. The highest BCUT2D eigenvalue weighted by molar-refractivity contribution is 6.33. The summed E-state index contributed by atoms with van der Waals surface area (Å²) in [5, 5.41) is 4.54. The van der Waals surface area contributed by atoms with Crippen LogP contribution >= 0.6 is 11.6 Å². The lowest BCUT2D eigenvalue weighted by Crippen LogP contribution is -2.30. The van der Waals surface area contributed by atoms with Gasteiger partial charge < -0.3 is 23.3 Å². The Balaban J connectivity index is 1.63. The van der Waals surface area contributed by atoms with Gasteiger partial charge in [-0.05, 0) is 42.5 Å². The van der Waals surface area contributed by atoms with Gasteiger partial charge in [-0.15, -0.1) is 0 Å². The first-order valence-electron chi connectivity index (χ1n) is 9.83. The summed E-state index contributed by atoms with van der Waals surface area (Å²) in [4.78, 5) is 14.9. The van der Waals surface area contributed by atoms with E-state index in [2.05, 4.69) is 5.16 Å². The van der Waals surface area contributed by atoms with Crippen molar-refractivity contribution in [1.29, 1.82) is 0 Å². The van der Waals surface area contributed by atoms with Crippen molar-refractivity contribution in [3.05, 3.63) is 89.0 Å². The molecule has 0 spiro atoms. The zero-order valence-corrected chi connectivity index (χ0v) is 18.3. The average molecular weight is 453 g/mol. The van der Waals surface area contributed by atoms with E-state index < -0.39 is 0 Å². The van der Waals surface area contributed by atoms with Gasteiger partial charge >= 0.3 is 0 Å². The molecule has 8 heteroatoms. The molecule has 32 heavy (non-hydrogen) atoms. The van der Waals surface area contributed by atoms with Gasteiger partial charge in [-0.2, -0.15) is 0 Å². The number of benzene rings is 2. The molecule has 164 valence electrons. The second-order valence-electron chi connectivity index (χ2n) is 6.97. The van der Waals surface area contributed by atoms with Crippen LogP contribution in [0.2, 0.25) is 5.02 Å². The average Bonchev–Trinajstić information content (AvgIpc) is 3.50. The van der Waals surface area contributed by atoms with Crippen LogP contribution in [-0.4, -0.2) is 30.2 Å². The number of hydrogen-bond donors (Lipinski definition) is 0. The summed E-state index contributed by atoms with van der Waals surface area (Å²) in [5.41, 5.74) is 1.66. The monoisotopic (exact) mass is 452 g/mol. The number of halogens is 1. The molecule has 1 amide bonds. The van der Waals surface area contributed by atoms with Crippen LogP contribution in [0, 0.1) is 0 Å². The number of furan rings is 1. The Bertz CT molecular complexity index is 1200. The number of hydrogen-bond acceptors (Lipinski definition) is 6. The van der Waals surface area contributed by atoms with Crippen LogP contribution in [-0.2, 0) is 13.1 Å². The summed E-state index contributed by atoms with van der Waals surface area (Å²) in [6, 6.07) is 17.7. The van der Waals surface area contributed by atoms with Crippen molar-refractivity contribution >= 4 is 17.5 Å². The van der Waals surface area contributed by atoms with Crippen molar-refractivity contribution in [2.75, 3.05) is 14.2 Å². The molecule has 0 bridgehead atoms. The molecule has 7 nitrogen and oxygen atoms in total. The van der Waals surface area contributed by atoms with E-state index in [9.17, 15) is 4.79 Å². The van der Waals surface area contributed by atoms with Crippen molar-refractivity contribution in [3.8, 4) is 22.8 Å². The summed E-state index contributed by atoms with van der Waals surface area (Å²) in [6.07, 6.45) is 1.57. The number of ether oxygens (including phenoxy) is 2. The second kappa shape index (κ2) is 9.62. The zero-order valence-electron chi connectivity index (χ0n) is 17.6. The summed E-state index contributed by atoms with van der Waals surface area (Å²) < 4.78 is 21.8. The fraction of sp³-hybridized carbons (Fsp3) is 0.167. The van der Waals surface area contributed by atoms with Gasteiger partial charge in [0.2, 0.25) is 0 Å². The second-order valence-corrected chi connectivity index (χ2v) is 7.38. The van der Waals surface area contributed by atoms with Gasteiger partial charge in [0, 0.05) is 6.07 Å². The maximum Gasteiger partial charge on any atom is 0.256 e. The molecule has 0 saturated carbocycles. The molecule has 0 fully saturated rings. The molecule has 0 N–H and O–H groups in total. The van der Waals surface area contributed by atoms with E-state index in [1.54, 1.807) is 80.0 Å². The van der Waals surface area contributed by atoms with Crippen LogP contribution in [0.25, 0.3) is 11.3 Å².